The summed E-state index contributed by atoms with van der Waals surface area (Å²) in [5.41, 5.74) is 0.0274. The average molecular weight is 521 g/mol. The first kappa shape index (κ1) is 28.4. The van der Waals surface area contributed by atoms with Crippen LogP contribution in [0, 0.1) is 10.1 Å². The van der Waals surface area contributed by atoms with E-state index in [0.717, 1.165) is 64.5 Å². The Bertz CT molecular complexity index is 878. The van der Waals surface area contributed by atoms with Crippen LogP contribution in [-0.2, 0) is 4.79 Å². The molecule has 3 rings (SSSR count). The molecule has 0 aliphatic heterocycles. The fourth-order valence-electron chi connectivity index (χ4n) is 5.68. The lowest BCUT2D eigenvalue weighted by Crippen LogP contribution is -2.53. The van der Waals surface area contributed by atoms with E-state index in [4.69, 9.17) is 11.6 Å². The number of nitrogens with zero attached hydrogens (tertiary/aromatic N) is 4. The highest BCUT2D eigenvalue weighted by Crippen LogP contribution is 2.31. The number of likely N-dealkylation sites (N-methyl/N-ethyl adjacent to an activating group) is 1. The number of benzene rings is 1. The molecule has 0 bridgehead atoms. The van der Waals surface area contributed by atoms with Crippen molar-refractivity contribution < 1.29 is 14.5 Å². The first-order valence-electron chi connectivity index (χ1n) is 13.6. The highest BCUT2D eigenvalue weighted by molar-refractivity contribution is 6.34. The number of nitro groups is 1. The Kier molecular flexibility index (Phi) is 11.0. The second-order valence-corrected chi connectivity index (χ2v) is 10.5. The summed E-state index contributed by atoms with van der Waals surface area (Å²) >= 11 is 6.31. The lowest BCUT2D eigenvalue weighted by Gasteiger charge is -2.42. The van der Waals surface area contributed by atoms with E-state index < -0.39 is 4.92 Å². The second-order valence-electron chi connectivity index (χ2n) is 10.1. The molecular formula is C27H41ClN4O4. The van der Waals surface area contributed by atoms with Crippen LogP contribution in [0.15, 0.2) is 18.2 Å². The standard InChI is InChI=1S/C27H41ClN4O4/c1-3-29(4-2)17-18-30(27(34)24-16-15-23(32(35)36)19-25(24)28)20-26(33)31(21-11-7-5-8-12-21)22-13-9-6-10-14-22/h15-16,19,21-22H,3-14,17-18,20H2,1-2H3. The van der Waals surface area contributed by atoms with Crippen molar-refractivity contribution in [1.29, 1.82) is 0 Å². The van der Waals surface area contributed by atoms with E-state index in [1.165, 1.54) is 31.0 Å². The zero-order chi connectivity index (χ0) is 26.1. The van der Waals surface area contributed by atoms with Gasteiger partial charge in [0.25, 0.3) is 11.6 Å². The van der Waals surface area contributed by atoms with Gasteiger partial charge in [-0.2, -0.15) is 0 Å². The molecule has 200 valence electrons. The van der Waals surface area contributed by atoms with Gasteiger partial charge in [-0.05, 0) is 44.8 Å². The van der Waals surface area contributed by atoms with Crippen molar-refractivity contribution in [2.75, 3.05) is 32.7 Å². The number of halogens is 1. The topological polar surface area (TPSA) is 87.0 Å². The fraction of sp³-hybridized carbons (Fsp3) is 0.704. The van der Waals surface area contributed by atoms with Gasteiger partial charge in [0.1, 0.15) is 6.54 Å². The zero-order valence-corrected chi connectivity index (χ0v) is 22.5. The predicted molar refractivity (Wildman–Crippen MR) is 142 cm³/mol. The third-order valence-corrected chi connectivity index (χ3v) is 8.12. The molecule has 2 amide bonds. The van der Waals surface area contributed by atoms with E-state index in [2.05, 4.69) is 23.6 Å². The molecule has 0 aromatic heterocycles. The zero-order valence-electron chi connectivity index (χ0n) is 21.8. The molecule has 2 aliphatic carbocycles. The first-order valence-corrected chi connectivity index (χ1v) is 14.0. The van der Waals surface area contributed by atoms with Gasteiger partial charge in [-0.25, -0.2) is 0 Å². The van der Waals surface area contributed by atoms with Crippen molar-refractivity contribution >= 4 is 29.1 Å². The minimum atomic E-state index is -0.534. The van der Waals surface area contributed by atoms with Crippen LogP contribution in [0.4, 0.5) is 5.69 Å². The van der Waals surface area contributed by atoms with Crippen LogP contribution in [0.3, 0.4) is 0 Å². The first-order chi connectivity index (χ1) is 17.3. The predicted octanol–water partition coefficient (Wildman–Crippen LogP) is 5.53. The summed E-state index contributed by atoms with van der Waals surface area (Å²) in [5, 5.41) is 11.2. The van der Waals surface area contributed by atoms with E-state index in [-0.39, 0.29) is 46.7 Å². The lowest BCUT2D eigenvalue weighted by atomic mass is 9.88. The molecule has 0 radical (unpaired) electrons. The summed E-state index contributed by atoms with van der Waals surface area (Å²) in [6, 6.07) is 4.39. The van der Waals surface area contributed by atoms with Gasteiger partial charge in [0.05, 0.1) is 15.5 Å². The Hall–Kier alpha value is -2.19. The van der Waals surface area contributed by atoms with Gasteiger partial charge >= 0.3 is 0 Å². The molecule has 1 aromatic rings. The molecule has 0 atom stereocenters. The number of carbonyl (C=O) groups excluding carboxylic acids is 2. The van der Waals surface area contributed by atoms with Gasteiger partial charge in [0.2, 0.25) is 5.91 Å². The van der Waals surface area contributed by atoms with E-state index in [9.17, 15) is 19.7 Å². The third kappa shape index (κ3) is 7.42. The molecule has 0 saturated heterocycles. The van der Waals surface area contributed by atoms with E-state index >= 15 is 0 Å². The third-order valence-electron chi connectivity index (χ3n) is 7.81. The lowest BCUT2D eigenvalue weighted by molar-refractivity contribution is -0.384. The Morgan fingerprint density at radius 2 is 1.50 bits per heavy atom. The number of hydrogen-bond acceptors (Lipinski definition) is 5. The van der Waals surface area contributed by atoms with Crippen LogP contribution in [0.1, 0.15) is 88.4 Å². The number of hydrogen-bond donors (Lipinski definition) is 0. The Labute approximate surface area is 220 Å². The number of rotatable bonds is 11. The molecule has 2 saturated carbocycles. The Morgan fingerprint density at radius 1 is 0.944 bits per heavy atom. The number of amides is 2. The Morgan fingerprint density at radius 3 is 1.97 bits per heavy atom. The molecule has 8 nitrogen and oxygen atoms in total. The largest absolute Gasteiger partial charge is 0.335 e. The van der Waals surface area contributed by atoms with Gasteiger partial charge in [-0.1, -0.05) is 64.0 Å². The maximum atomic E-state index is 13.9. The van der Waals surface area contributed by atoms with Crippen LogP contribution in [-0.4, -0.2) is 76.2 Å². The molecule has 9 heteroatoms. The van der Waals surface area contributed by atoms with Crippen LogP contribution in [0.25, 0.3) is 0 Å². The highest BCUT2D eigenvalue weighted by Gasteiger charge is 2.34. The van der Waals surface area contributed by atoms with E-state index in [0.29, 0.717) is 13.1 Å². The number of non-ortho nitro benzene ring substituents is 1. The molecule has 36 heavy (non-hydrogen) atoms. The van der Waals surface area contributed by atoms with E-state index in [1.807, 2.05) is 0 Å². The van der Waals surface area contributed by atoms with Crippen molar-refractivity contribution in [3.05, 3.63) is 38.9 Å². The summed E-state index contributed by atoms with van der Waals surface area (Å²) in [5.74, 6) is -0.345. The monoisotopic (exact) mass is 520 g/mol. The summed E-state index contributed by atoms with van der Waals surface area (Å²) in [6.45, 7) is 6.87. The molecule has 1 aromatic carbocycles. The minimum Gasteiger partial charge on any atom is -0.335 e. The van der Waals surface area contributed by atoms with E-state index in [1.54, 1.807) is 4.90 Å². The van der Waals surface area contributed by atoms with Crippen molar-refractivity contribution in [2.45, 2.75) is 90.1 Å². The average Bonchev–Trinajstić information content (AvgIpc) is 2.89. The molecule has 2 aliphatic rings. The second kappa shape index (κ2) is 13.9. The molecule has 0 heterocycles. The smallest absolute Gasteiger partial charge is 0.270 e. The van der Waals surface area contributed by atoms with Crippen molar-refractivity contribution in [3.63, 3.8) is 0 Å². The van der Waals surface area contributed by atoms with Crippen molar-refractivity contribution in [2.24, 2.45) is 0 Å². The van der Waals surface area contributed by atoms with Crippen molar-refractivity contribution in [3.8, 4) is 0 Å². The summed E-state index contributed by atoms with van der Waals surface area (Å²) in [4.78, 5) is 44.1. The quantitative estimate of drug-likeness (QED) is 0.283. The van der Waals surface area contributed by atoms with Gasteiger partial charge in [0, 0.05) is 37.3 Å². The number of carbonyl (C=O) groups is 2. The molecule has 0 unspecified atom stereocenters. The summed E-state index contributed by atoms with van der Waals surface area (Å²) in [6.07, 6.45) is 11.1. The van der Waals surface area contributed by atoms with Gasteiger partial charge in [0.15, 0.2) is 0 Å². The SMILES string of the molecule is CCN(CC)CCN(CC(=O)N(C1CCCCC1)C1CCCCC1)C(=O)c1ccc([N+](=O)[O-])cc1Cl. The van der Waals surface area contributed by atoms with Crippen LogP contribution >= 0.6 is 11.6 Å². The molecule has 2 fully saturated rings. The minimum absolute atomic E-state index is 0.000415. The number of nitro benzene ring substituents is 1. The van der Waals surface area contributed by atoms with Crippen LogP contribution in [0.5, 0.6) is 0 Å². The maximum Gasteiger partial charge on any atom is 0.270 e. The fourth-order valence-corrected chi connectivity index (χ4v) is 5.94. The maximum absolute atomic E-state index is 13.9. The molecular weight excluding hydrogens is 480 g/mol. The highest BCUT2D eigenvalue weighted by atomic mass is 35.5. The Balaban J connectivity index is 1.85. The van der Waals surface area contributed by atoms with Crippen LogP contribution < -0.4 is 0 Å². The van der Waals surface area contributed by atoms with Gasteiger partial charge in [-0.3, -0.25) is 19.7 Å². The normalized spacial score (nSPS) is 17.2. The van der Waals surface area contributed by atoms with Crippen molar-refractivity contribution in [1.82, 2.24) is 14.7 Å². The van der Waals surface area contributed by atoms with Gasteiger partial charge < -0.3 is 14.7 Å². The summed E-state index contributed by atoms with van der Waals surface area (Å²) < 4.78 is 0. The van der Waals surface area contributed by atoms with Crippen LogP contribution in [0.2, 0.25) is 5.02 Å². The summed E-state index contributed by atoms with van der Waals surface area (Å²) in [7, 11) is 0. The molecule has 0 spiro atoms. The molecule has 0 N–H and O–H groups in total. The van der Waals surface area contributed by atoms with Gasteiger partial charge in [-0.15, -0.1) is 0 Å².